The van der Waals surface area contributed by atoms with Gasteiger partial charge in [0, 0.05) is 18.7 Å². The molecule has 2 aromatic carbocycles. The molecule has 0 aliphatic heterocycles. The van der Waals surface area contributed by atoms with Crippen molar-refractivity contribution >= 4 is 5.91 Å². The summed E-state index contributed by atoms with van der Waals surface area (Å²) < 4.78 is 6.89. The van der Waals surface area contributed by atoms with Crippen LogP contribution in [0.2, 0.25) is 0 Å². The fraction of sp³-hybridized carbons (Fsp3) is 0.200. The van der Waals surface area contributed by atoms with Crippen LogP contribution in [0.25, 0.3) is 0 Å². The van der Waals surface area contributed by atoms with Gasteiger partial charge in [0.15, 0.2) is 0 Å². The Morgan fingerprint density at radius 1 is 1.22 bits per heavy atom. The number of hydrogen-bond acceptors (Lipinski definition) is 5. The first-order chi connectivity index (χ1) is 13.2. The summed E-state index contributed by atoms with van der Waals surface area (Å²) in [6, 6.07) is 15.2. The van der Waals surface area contributed by atoms with Gasteiger partial charge < -0.3 is 9.64 Å². The monoisotopic (exact) mass is 363 g/mol. The van der Waals surface area contributed by atoms with Crippen LogP contribution in [0.3, 0.4) is 0 Å². The van der Waals surface area contributed by atoms with Crippen LogP contribution >= 0.6 is 0 Å². The zero-order valence-electron chi connectivity index (χ0n) is 15.2. The molecule has 7 nitrogen and oxygen atoms in total. The molecule has 138 valence electrons. The molecule has 3 aromatic rings. The average Bonchev–Trinajstić information content (AvgIpc) is 3.21. The van der Waals surface area contributed by atoms with Gasteiger partial charge in [-0.2, -0.15) is 0 Å². The van der Waals surface area contributed by atoms with Crippen LogP contribution in [0, 0.1) is 0 Å². The molecular weight excluding hydrogens is 342 g/mol. The lowest BCUT2D eigenvalue weighted by Gasteiger charge is -2.22. The standard InChI is InChI=1S/C20H21N5O2/c1-3-11-24(13-17-5-4-6-19(12-17)27-2)20(26)18-9-7-16(8-10-18)14-25-15-21-22-23-25/h3-10,12,15H,1,11,13-14H2,2H3. The first-order valence-electron chi connectivity index (χ1n) is 8.52. The van der Waals surface area contributed by atoms with Gasteiger partial charge in [0.05, 0.1) is 13.7 Å². The predicted octanol–water partition coefficient (Wildman–Crippen LogP) is 2.56. The third-order valence-corrected chi connectivity index (χ3v) is 4.08. The zero-order valence-corrected chi connectivity index (χ0v) is 15.2. The van der Waals surface area contributed by atoms with Crippen molar-refractivity contribution in [1.29, 1.82) is 0 Å². The summed E-state index contributed by atoms with van der Waals surface area (Å²) in [5.41, 5.74) is 2.64. The number of ether oxygens (including phenoxy) is 1. The number of tetrazole rings is 1. The number of hydrogen-bond donors (Lipinski definition) is 0. The average molecular weight is 363 g/mol. The molecule has 0 aliphatic carbocycles. The first-order valence-corrected chi connectivity index (χ1v) is 8.52. The molecule has 0 spiro atoms. The molecule has 0 saturated carbocycles. The van der Waals surface area contributed by atoms with E-state index >= 15 is 0 Å². The van der Waals surface area contributed by atoms with E-state index in [1.54, 1.807) is 29.1 Å². The van der Waals surface area contributed by atoms with Gasteiger partial charge >= 0.3 is 0 Å². The summed E-state index contributed by atoms with van der Waals surface area (Å²) in [5, 5.41) is 11.1. The van der Waals surface area contributed by atoms with E-state index in [-0.39, 0.29) is 5.91 Å². The maximum atomic E-state index is 12.9. The minimum absolute atomic E-state index is 0.0494. The summed E-state index contributed by atoms with van der Waals surface area (Å²) in [4.78, 5) is 14.7. The molecule has 0 unspecified atom stereocenters. The highest BCUT2D eigenvalue weighted by Gasteiger charge is 2.15. The second kappa shape index (κ2) is 8.75. The van der Waals surface area contributed by atoms with Crippen molar-refractivity contribution in [2.24, 2.45) is 0 Å². The maximum Gasteiger partial charge on any atom is 0.254 e. The SMILES string of the molecule is C=CCN(Cc1cccc(OC)c1)C(=O)c1ccc(Cn2cnnn2)cc1. The third kappa shape index (κ3) is 4.78. The van der Waals surface area contributed by atoms with Crippen LogP contribution in [0.5, 0.6) is 5.75 Å². The largest absolute Gasteiger partial charge is 0.497 e. The fourth-order valence-corrected chi connectivity index (χ4v) is 2.74. The smallest absolute Gasteiger partial charge is 0.254 e. The molecule has 1 amide bonds. The molecular formula is C20H21N5O2. The van der Waals surface area contributed by atoms with Gasteiger partial charge in [-0.05, 0) is 45.8 Å². The Hall–Kier alpha value is -3.48. The minimum atomic E-state index is -0.0494. The van der Waals surface area contributed by atoms with E-state index in [1.165, 1.54) is 0 Å². The molecule has 0 fully saturated rings. The van der Waals surface area contributed by atoms with Gasteiger partial charge in [0.25, 0.3) is 5.91 Å². The molecule has 0 atom stereocenters. The highest BCUT2D eigenvalue weighted by molar-refractivity contribution is 5.94. The Morgan fingerprint density at radius 2 is 2.04 bits per heavy atom. The molecule has 0 bridgehead atoms. The Balaban J connectivity index is 1.72. The molecule has 0 aliphatic rings. The number of carbonyl (C=O) groups excluding carboxylic acids is 1. The highest BCUT2D eigenvalue weighted by atomic mass is 16.5. The van der Waals surface area contributed by atoms with Crippen LogP contribution < -0.4 is 4.74 Å². The Bertz CT molecular complexity index is 891. The zero-order chi connectivity index (χ0) is 19.1. The van der Waals surface area contributed by atoms with Crippen molar-refractivity contribution in [1.82, 2.24) is 25.1 Å². The lowest BCUT2D eigenvalue weighted by atomic mass is 10.1. The van der Waals surface area contributed by atoms with E-state index in [0.717, 1.165) is 16.9 Å². The topological polar surface area (TPSA) is 73.1 Å². The molecule has 1 aromatic heterocycles. The third-order valence-electron chi connectivity index (χ3n) is 4.08. The van der Waals surface area contributed by atoms with Crippen molar-refractivity contribution < 1.29 is 9.53 Å². The van der Waals surface area contributed by atoms with Gasteiger partial charge in [-0.15, -0.1) is 11.7 Å². The van der Waals surface area contributed by atoms with Crippen molar-refractivity contribution in [2.45, 2.75) is 13.1 Å². The van der Waals surface area contributed by atoms with Crippen molar-refractivity contribution in [3.8, 4) is 5.75 Å². The molecule has 1 heterocycles. The Labute approximate surface area is 157 Å². The number of carbonyl (C=O) groups is 1. The van der Waals surface area contributed by atoms with E-state index in [9.17, 15) is 4.79 Å². The number of rotatable bonds is 8. The summed E-state index contributed by atoms with van der Waals surface area (Å²) >= 11 is 0. The van der Waals surface area contributed by atoms with E-state index in [2.05, 4.69) is 22.1 Å². The van der Waals surface area contributed by atoms with Gasteiger partial charge in [0.1, 0.15) is 12.1 Å². The van der Waals surface area contributed by atoms with Gasteiger partial charge in [-0.3, -0.25) is 4.79 Å². The van der Waals surface area contributed by atoms with E-state index in [4.69, 9.17) is 4.74 Å². The lowest BCUT2D eigenvalue weighted by molar-refractivity contribution is 0.0762. The van der Waals surface area contributed by atoms with E-state index in [1.807, 2.05) is 48.5 Å². The Morgan fingerprint density at radius 3 is 2.70 bits per heavy atom. The maximum absolute atomic E-state index is 12.9. The van der Waals surface area contributed by atoms with Crippen LogP contribution in [0.15, 0.2) is 67.5 Å². The number of aromatic nitrogens is 4. The second-order valence-corrected chi connectivity index (χ2v) is 6.03. The highest BCUT2D eigenvalue weighted by Crippen LogP contribution is 2.16. The number of benzene rings is 2. The van der Waals surface area contributed by atoms with Crippen molar-refractivity contribution in [3.05, 3.63) is 84.2 Å². The Kier molecular flexibility index (Phi) is 5.94. The number of amides is 1. The van der Waals surface area contributed by atoms with Crippen molar-refractivity contribution in [2.75, 3.05) is 13.7 Å². The number of nitrogens with zero attached hydrogens (tertiary/aromatic N) is 5. The van der Waals surface area contributed by atoms with Crippen LogP contribution in [0.4, 0.5) is 0 Å². The normalized spacial score (nSPS) is 10.4. The first kappa shape index (κ1) is 18.3. The van der Waals surface area contributed by atoms with Gasteiger partial charge in [-0.25, -0.2) is 4.68 Å². The summed E-state index contributed by atoms with van der Waals surface area (Å²) in [5.74, 6) is 0.720. The van der Waals surface area contributed by atoms with Crippen LogP contribution in [0.1, 0.15) is 21.5 Å². The van der Waals surface area contributed by atoms with Gasteiger partial charge in [-0.1, -0.05) is 30.3 Å². The van der Waals surface area contributed by atoms with Gasteiger partial charge in [0.2, 0.25) is 0 Å². The molecule has 0 N–H and O–H groups in total. The summed E-state index contributed by atoms with van der Waals surface area (Å²) in [6.45, 7) is 5.27. The fourth-order valence-electron chi connectivity index (χ4n) is 2.74. The quantitative estimate of drug-likeness (QED) is 0.575. The molecule has 0 saturated heterocycles. The minimum Gasteiger partial charge on any atom is -0.497 e. The molecule has 7 heteroatoms. The van der Waals surface area contributed by atoms with Crippen LogP contribution in [-0.2, 0) is 13.1 Å². The summed E-state index contributed by atoms with van der Waals surface area (Å²) in [7, 11) is 1.63. The van der Waals surface area contributed by atoms with Crippen molar-refractivity contribution in [3.63, 3.8) is 0 Å². The molecule has 3 rings (SSSR count). The summed E-state index contributed by atoms with van der Waals surface area (Å²) in [6.07, 6.45) is 3.28. The second-order valence-electron chi connectivity index (χ2n) is 6.03. The van der Waals surface area contributed by atoms with Crippen LogP contribution in [-0.4, -0.2) is 44.7 Å². The predicted molar refractivity (Wildman–Crippen MR) is 101 cm³/mol. The van der Waals surface area contributed by atoms with E-state index in [0.29, 0.717) is 25.2 Å². The molecule has 27 heavy (non-hydrogen) atoms. The van der Waals surface area contributed by atoms with E-state index < -0.39 is 0 Å². The number of methoxy groups -OCH3 is 1. The lowest BCUT2D eigenvalue weighted by Crippen LogP contribution is -2.30. The molecule has 0 radical (unpaired) electrons.